The van der Waals surface area contributed by atoms with Crippen LogP contribution in [0.15, 0.2) is 72.0 Å². The SMILES string of the molecule is CCCN(CCC)c1cc(N/N=C/c2cccc(C)c2)nc(OCCc2cn(C(C)C)c3ccccc23)c1. The average Bonchev–Trinajstić information content (AvgIpc) is 3.28. The molecule has 0 spiro atoms. The van der Waals surface area contributed by atoms with Crippen molar-refractivity contribution in [1.82, 2.24) is 9.55 Å². The summed E-state index contributed by atoms with van der Waals surface area (Å²) in [6.45, 7) is 13.5. The van der Waals surface area contributed by atoms with Gasteiger partial charge in [0, 0.05) is 60.5 Å². The topological polar surface area (TPSA) is 54.7 Å². The van der Waals surface area contributed by atoms with Crippen LogP contribution < -0.4 is 15.1 Å². The standard InChI is InChI=1S/C32H41N5O/c1-6-16-36(17-7-2)28-20-31(35-33-22-26-12-10-11-25(5)19-26)34-32(21-28)38-18-15-27-23-37(24(3)4)30-14-9-8-13-29(27)30/h8-14,19-24H,6-7,15-18H2,1-5H3,(H,34,35)/b33-22+. The second kappa shape index (κ2) is 13.1. The van der Waals surface area contributed by atoms with E-state index in [4.69, 9.17) is 9.72 Å². The molecule has 0 saturated carbocycles. The third-order valence-corrected chi connectivity index (χ3v) is 6.57. The number of nitrogens with one attached hydrogen (secondary N) is 1. The number of pyridine rings is 1. The van der Waals surface area contributed by atoms with Crippen molar-refractivity contribution in [2.75, 3.05) is 30.0 Å². The van der Waals surface area contributed by atoms with Gasteiger partial charge in [0.25, 0.3) is 0 Å². The number of fused-ring (bicyclic) bond motifs is 1. The second-order valence-electron chi connectivity index (χ2n) is 10.1. The third kappa shape index (κ3) is 6.94. The minimum atomic E-state index is 0.407. The van der Waals surface area contributed by atoms with E-state index in [-0.39, 0.29) is 0 Å². The summed E-state index contributed by atoms with van der Waals surface area (Å²) in [4.78, 5) is 7.12. The average molecular weight is 512 g/mol. The number of aryl methyl sites for hydroxylation is 1. The molecule has 0 aliphatic heterocycles. The molecule has 0 saturated heterocycles. The molecule has 0 bridgehead atoms. The van der Waals surface area contributed by atoms with E-state index < -0.39 is 0 Å². The van der Waals surface area contributed by atoms with Crippen molar-refractivity contribution in [1.29, 1.82) is 0 Å². The smallest absolute Gasteiger partial charge is 0.217 e. The van der Waals surface area contributed by atoms with Crippen LogP contribution in [-0.2, 0) is 6.42 Å². The van der Waals surface area contributed by atoms with Crippen LogP contribution in [0, 0.1) is 6.92 Å². The van der Waals surface area contributed by atoms with Crippen molar-refractivity contribution in [3.63, 3.8) is 0 Å². The van der Waals surface area contributed by atoms with Gasteiger partial charge in [-0.3, -0.25) is 5.43 Å². The fourth-order valence-electron chi connectivity index (χ4n) is 4.81. The van der Waals surface area contributed by atoms with Gasteiger partial charge in [-0.25, -0.2) is 0 Å². The Kier molecular flexibility index (Phi) is 9.41. The highest BCUT2D eigenvalue weighted by Gasteiger charge is 2.13. The summed E-state index contributed by atoms with van der Waals surface area (Å²) in [5.74, 6) is 1.29. The first kappa shape index (κ1) is 27.2. The number of nitrogens with zero attached hydrogens (tertiary/aromatic N) is 4. The monoisotopic (exact) mass is 511 g/mol. The zero-order chi connectivity index (χ0) is 26.9. The summed E-state index contributed by atoms with van der Waals surface area (Å²) < 4.78 is 8.60. The maximum Gasteiger partial charge on any atom is 0.217 e. The van der Waals surface area contributed by atoms with Crippen LogP contribution in [0.4, 0.5) is 11.5 Å². The summed E-state index contributed by atoms with van der Waals surface area (Å²) in [6.07, 6.45) is 7.05. The molecule has 4 aromatic rings. The number of hydrogen-bond acceptors (Lipinski definition) is 5. The fraction of sp³-hybridized carbons (Fsp3) is 0.375. The van der Waals surface area contributed by atoms with Crippen molar-refractivity contribution < 1.29 is 4.74 Å². The highest BCUT2D eigenvalue weighted by Crippen LogP contribution is 2.27. The minimum absolute atomic E-state index is 0.407. The number of hydrazone groups is 1. The van der Waals surface area contributed by atoms with E-state index in [1.807, 2.05) is 18.3 Å². The first-order valence-electron chi connectivity index (χ1n) is 13.8. The zero-order valence-electron chi connectivity index (χ0n) is 23.4. The molecule has 0 radical (unpaired) electrons. The minimum Gasteiger partial charge on any atom is -0.477 e. The van der Waals surface area contributed by atoms with Crippen molar-refractivity contribution in [2.45, 2.75) is 59.9 Å². The molecule has 1 N–H and O–H groups in total. The molecular formula is C32H41N5O. The number of anilines is 2. The van der Waals surface area contributed by atoms with Gasteiger partial charge in [0.1, 0.15) is 0 Å². The van der Waals surface area contributed by atoms with E-state index in [1.54, 1.807) is 0 Å². The van der Waals surface area contributed by atoms with Gasteiger partial charge in [-0.1, -0.05) is 61.9 Å². The summed E-state index contributed by atoms with van der Waals surface area (Å²) in [5, 5.41) is 5.74. The van der Waals surface area contributed by atoms with E-state index in [0.29, 0.717) is 24.3 Å². The molecule has 6 heteroatoms. The molecule has 6 nitrogen and oxygen atoms in total. The Morgan fingerprint density at radius 3 is 2.55 bits per heavy atom. The summed E-state index contributed by atoms with van der Waals surface area (Å²) in [7, 11) is 0. The molecule has 2 aromatic heterocycles. The Bertz CT molecular complexity index is 1350. The Hall–Kier alpha value is -3.80. The summed E-state index contributed by atoms with van der Waals surface area (Å²) in [6, 6.07) is 21.4. The number of para-hydroxylation sites is 1. The molecule has 0 fully saturated rings. The first-order valence-corrected chi connectivity index (χ1v) is 13.8. The van der Waals surface area contributed by atoms with E-state index in [0.717, 1.165) is 43.6 Å². The number of ether oxygens (including phenoxy) is 1. The van der Waals surface area contributed by atoms with Gasteiger partial charge in [0.2, 0.25) is 5.88 Å². The Balaban J connectivity index is 1.53. The van der Waals surface area contributed by atoms with E-state index in [9.17, 15) is 0 Å². The zero-order valence-corrected chi connectivity index (χ0v) is 23.4. The van der Waals surface area contributed by atoms with Gasteiger partial charge in [0.05, 0.1) is 12.8 Å². The van der Waals surface area contributed by atoms with Crippen molar-refractivity contribution in [3.05, 3.63) is 83.6 Å². The lowest BCUT2D eigenvalue weighted by atomic mass is 10.1. The Morgan fingerprint density at radius 1 is 1.03 bits per heavy atom. The lowest BCUT2D eigenvalue weighted by Crippen LogP contribution is -2.25. The Morgan fingerprint density at radius 2 is 1.82 bits per heavy atom. The Labute approximate surface area is 227 Å². The van der Waals surface area contributed by atoms with Crippen LogP contribution in [0.25, 0.3) is 10.9 Å². The predicted molar refractivity (Wildman–Crippen MR) is 161 cm³/mol. The van der Waals surface area contributed by atoms with Gasteiger partial charge in [-0.2, -0.15) is 10.1 Å². The molecule has 4 rings (SSSR count). The maximum absolute atomic E-state index is 6.26. The third-order valence-electron chi connectivity index (χ3n) is 6.57. The molecule has 38 heavy (non-hydrogen) atoms. The van der Waals surface area contributed by atoms with Crippen LogP contribution >= 0.6 is 0 Å². The molecular weight excluding hydrogens is 470 g/mol. The van der Waals surface area contributed by atoms with Gasteiger partial charge in [0.15, 0.2) is 5.82 Å². The van der Waals surface area contributed by atoms with Crippen LogP contribution in [0.5, 0.6) is 5.88 Å². The molecule has 2 aromatic carbocycles. The molecule has 0 aliphatic rings. The van der Waals surface area contributed by atoms with Gasteiger partial charge >= 0.3 is 0 Å². The summed E-state index contributed by atoms with van der Waals surface area (Å²) >= 11 is 0. The maximum atomic E-state index is 6.26. The fourth-order valence-corrected chi connectivity index (χ4v) is 4.81. The summed E-state index contributed by atoms with van der Waals surface area (Å²) in [5.41, 5.74) is 9.04. The highest BCUT2D eigenvalue weighted by atomic mass is 16.5. The largest absolute Gasteiger partial charge is 0.477 e. The van der Waals surface area contributed by atoms with Crippen LogP contribution in [0.3, 0.4) is 0 Å². The normalized spacial score (nSPS) is 11.5. The molecule has 200 valence electrons. The van der Waals surface area contributed by atoms with Gasteiger partial charge in [-0.15, -0.1) is 0 Å². The molecule has 0 atom stereocenters. The van der Waals surface area contributed by atoms with Crippen LogP contribution in [-0.4, -0.2) is 35.5 Å². The van der Waals surface area contributed by atoms with Crippen molar-refractivity contribution in [2.24, 2.45) is 5.10 Å². The molecule has 0 unspecified atom stereocenters. The molecule has 0 aliphatic carbocycles. The number of benzene rings is 2. The predicted octanol–water partition coefficient (Wildman–Crippen LogP) is 7.62. The quantitative estimate of drug-likeness (QED) is 0.148. The number of aromatic nitrogens is 2. The second-order valence-corrected chi connectivity index (χ2v) is 10.1. The first-order chi connectivity index (χ1) is 18.5. The molecule has 0 amide bonds. The number of hydrogen-bond donors (Lipinski definition) is 1. The van der Waals surface area contributed by atoms with Crippen LogP contribution in [0.1, 0.15) is 63.3 Å². The van der Waals surface area contributed by atoms with Crippen molar-refractivity contribution >= 4 is 28.6 Å². The van der Waals surface area contributed by atoms with Gasteiger partial charge < -0.3 is 14.2 Å². The lowest BCUT2D eigenvalue weighted by molar-refractivity contribution is 0.310. The van der Waals surface area contributed by atoms with E-state index >= 15 is 0 Å². The van der Waals surface area contributed by atoms with Gasteiger partial charge in [-0.05, 0) is 50.8 Å². The van der Waals surface area contributed by atoms with E-state index in [2.05, 4.69) is 109 Å². The lowest BCUT2D eigenvalue weighted by Gasteiger charge is -2.24. The van der Waals surface area contributed by atoms with E-state index in [1.165, 1.54) is 22.0 Å². The number of rotatable bonds is 13. The van der Waals surface area contributed by atoms with Crippen LogP contribution in [0.2, 0.25) is 0 Å². The highest BCUT2D eigenvalue weighted by molar-refractivity contribution is 5.84. The van der Waals surface area contributed by atoms with Crippen molar-refractivity contribution in [3.8, 4) is 5.88 Å². The molecule has 2 heterocycles.